The third-order valence-corrected chi connectivity index (χ3v) is 2.51. The summed E-state index contributed by atoms with van der Waals surface area (Å²) in [4.78, 5) is 10.5. The average molecular weight is 228 g/mol. The molecule has 1 aromatic rings. The van der Waals surface area contributed by atoms with Crippen molar-refractivity contribution in [3.63, 3.8) is 0 Å². The molecule has 1 N–H and O–H groups in total. The van der Waals surface area contributed by atoms with Crippen LogP contribution < -0.4 is 4.74 Å². The normalized spacial score (nSPS) is 21.5. The van der Waals surface area contributed by atoms with E-state index in [0.29, 0.717) is 5.75 Å². The van der Waals surface area contributed by atoms with E-state index in [9.17, 15) is 13.6 Å². The molecule has 5 heteroatoms. The van der Waals surface area contributed by atoms with Gasteiger partial charge in [0.2, 0.25) is 0 Å². The average Bonchev–Trinajstić information content (AvgIpc) is 2.84. The van der Waals surface area contributed by atoms with Gasteiger partial charge in [-0.15, -0.1) is 0 Å². The first-order valence-corrected chi connectivity index (χ1v) is 4.83. The number of rotatable bonds is 4. The molecule has 0 heterocycles. The molecule has 0 bridgehead atoms. The van der Waals surface area contributed by atoms with Crippen LogP contribution in [0, 0.1) is 5.92 Å². The van der Waals surface area contributed by atoms with Crippen LogP contribution >= 0.6 is 0 Å². The van der Waals surface area contributed by atoms with Crippen LogP contribution in [0.15, 0.2) is 24.3 Å². The maximum Gasteiger partial charge on any atom is 0.335 e. The maximum atomic E-state index is 12.5. The molecule has 3 nitrogen and oxygen atoms in total. The summed E-state index contributed by atoms with van der Waals surface area (Å²) in [5, 5.41) is 8.63. The number of ether oxygens (including phenoxy) is 1. The Hall–Kier alpha value is -1.65. The minimum absolute atomic E-state index is 0.0284. The quantitative estimate of drug-likeness (QED) is 0.860. The predicted octanol–water partition coefficient (Wildman–Crippen LogP) is 2.42. The molecule has 16 heavy (non-hydrogen) atoms. The van der Waals surface area contributed by atoms with Crippen molar-refractivity contribution in [3.05, 3.63) is 29.8 Å². The van der Waals surface area contributed by atoms with E-state index in [0.717, 1.165) is 0 Å². The van der Waals surface area contributed by atoms with Crippen LogP contribution in [0.25, 0.3) is 0 Å². The minimum Gasteiger partial charge on any atom is -0.493 e. The van der Waals surface area contributed by atoms with Crippen LogP contribution in [0.4, 0.5) is 8.78 Å². The maximum absolute atomic E-state index is 12.5. The number of alkyl halides is 2. The fourth-order valence-corrected chi connectivity index (χ4v) is 1.34. The molecule has 0 spiro atoms. The van der Waals surface area contributed by atoms with Gasteiger partial charge in [-0.05, 0) is 24.3 Å². The number of carboxylic acid groups (broad SMARTS) is 1. The number of aromatic carboxylic acids is 1. The highest BCUT2D eigenvalue weighted by Crippen LogP contribution is 2.48. The molecule has 2 rings (SSSR count). The first-order valence-electron chi connectivity index (χ1n) is 4.83. The fraction of sp³-hybridized carbons (Fsp3) is 0.364. The SMILES string of the molecule is O=C(O)c1ccc(OC[C@H]2CC2(F)F)cc1. The number of halogens is 2. The van der Waals surface area contributed by atoms with Gasteiger partial charge in [-0.2, -0.15) is 0 Å². The first-order chi connectivity index (χ1) is 7.49. The minimum atomic E-state index is -2.58. The van der Waals surface area contributed by atoms with Gasteiger partial charge in [-0.3, -0.25) is 0 Å². The molecule has 0 radical (unpaired) electrons. The Morgan fingerprint density at radius 3 is 2.44 bits per heavy atom. The summed E-state index contributed by atoms with van der Waals surface area (Å²) in [6, 6.07) is 5.68. The van der Waals surface area contributed by atoms with Crippen molar-refractivity contribution >= 4 is 5.97 Å². The third kappa shape index (κ3) is 2.29. The van der Waals surface area contributed by atoms with E-state index in [4.69, 9.17) is 9.84 Å². The van der Waals surface area contributed by atoms with Crippen molar-refractivity contribution < 1.29 is 23.4 Å². The van der Waals surface area contributed by atoms with Crippen molar-refractivity contribution in [2.24, 2.45) is 5.92 Å². The summed E-state index contributed by atoms with van der Waals surface area (Å²) in [5.74, 6) is -3.90. The smallest absolute Gasteiger partial charge is 0.335 e. The summed E-state index contributed by atoms with van der Waals surface area (Å²) in [6.07, 6.45) is -0.125. The topological polar surface area (TPSA) is 46.5 Å². The zero-order valence-electron chi connectivity index (χ0n) is 8.32. The second-order valence-corrected chi connectivity index (χ2v) is 3.80. The molecule has 1 saturated carbocycles. The number of carboxylic acids is 1. The number of carbonyl (C=O) groups is 1. The van der Waals surface area contributed by atoms with Crippen molar-refractivity contribution in [3.8, 4) is 5.75 Å². The van der Waals surface area contributed by atoms with Crippen LogP contribution in [-0.2, 0) is 0 Å². The van der Waals surface area contributed by atoms with Crippen LogP contribution in [0.3, 0.4) is 0 Å². The molecular weight excluding hydrogens is 218 g/mol. The van der Waals surface area contributed by atoms with Gasteiger partial charge in [0.1, 0.15) is 5.75 Å². The van der Waals surface area contributed by atoms with E-state index < -0.39 is 17.8 Å². The monoisotopic (exact) mass is 228 g/mol. The van der Waals surface area contributed by atoms with Crippen LogP contribution in [0.5, 0.6) is 5.75 Å². The molecule has 1 atom stereocenters. The molecule has 86 valence electrons. The molecule has 1 aliphatic rings. The molecule has 0 aromatic heterocycles. The second kappa shape index (κ2) is 3.73. The molecular formula is C11H10F2O3. The Labute approximate surface area is 90.7 Å². The Morgan fingerprint density at radius 1 is 1.44 bits per heavy atom. The lowest BCUT2D eigenvalue weighted by molar-refractivity contribution is 0.0696. The first kappa shape index (κ1) is 10.9. The van der Waals surface area contributed by atoms with Gasteiger partial charge >= 0.3 is 5.97 Å². The Balaban J connectivity index is 1.88. The highest BCUT2D eigenvalue weighted by molar-refractivity contribution is 5.87. The van der Waals surface area contributed by atoms with E-state index in [1.165, 1.54) is 24.3 Å². The van der Waals surface area contributed by atoms with Crippen molar-refractivity contribution in [2.75, 3.05) is 6.61 Å². The molecule has 0 saturated heterocycles. The van der Waals surface area contributed by atoms with Crippen molar-refractivity contribution in [2.45, 2.75) is 12.3 Å². The van der Waals surface area contributed by atoms with Gasteiger partial charge in [-0.25, -0.2) is 13.6 Å². The van der Waals surface area contributed by atoms with Crippen molar-refractivity contribution in [1.82, 2.24) is 0 Å². The van der Waals surface area contributed by atoms with E-state index in [2.05, 4.69) is 0 Å². The van der Waals surface area contributed by atoms with E-state index in [-0.39, 0.29) is 18.6 Å². The predicted molar refractivity (Wildman–Crippen MR) is 52.0 cm³/mol. The Bertz CT molecular complexity index is 400. The van der Waals surface area contributed by atoms with Gasteiger partial charge < -0.3 is 9.84 Å². The lowest BCUT2D eigenvalue weighted by Crippen LogP contribution is -2.05. The summed E-state index contributed by atoms with van der Waals surface area (Å²) >= 11 is 0. The summed E-state index contributed by atoms with van der Waals surface area (Å²) in [6.45, 7) is -0.0284. The van der Waals surface area contributed by atoms with E-state index in [1.54, 1.807) is 0 Å². The zero-order chi connectivity index (χ0) is 11.8. The van der Waals surface area contributed by atoms with Gasteiger partial charge in [0.05, 0.1) is 18.1 Å². The van der Waals surface area contributed by atoms with E-state index in [1.807, 2.05) is 0 Å². The second-order valence-electron chi connectivity index (χ2n) is 3.80. The van der Waals surface area contributed by atoms with Crippen LogP contribution in [0.2, 0.25) is 0 Å². The largest absolute Gasteiger partial charge is 0.493 e. The number of hydrogen-bond donors (Lipinski definition) is 1. The summed E-state index contributed by atoms with van der Waals surface area (Å²) < 4.78 is 30.2. The Kier molecular flexibility index (Phi) is 2.53. The lowest BCUT2D eigenvalue weighted by atomic mass is 10.2. The molecule has 1 fully saturated rings. The van der Waals surface area contributed by atoms with Gasteiger partial charge in [0.15, 0.2) is 0 Å². The Morgan fingerprint density at radius 2 is 2.00 bits per heavy atom. The molecule has 0 aliphatic heterocycles. The van der Waals surface area contributed by atoms with Gasteiger partial charge in [0.25, 0.3) is 5.92 Å². The lowest BCUT2D eigenvalue weighted by Gasteiger charge is -2.05. The highest BCUT2D eigenvalue weighted by Gasteiger charge is 2.57. The summed E-state index contributed by atoms with van der Waals surface area (Å²) in [7, 11) is 0. The molecule has 0 unspecified atom stereocenters. The van der Waals surface area contributed by atoms with Gasteiger partial charge in [0, 0.05) is 6.42 Å². The van der Waals surface area contributed by atoms with Crippen LogP contribution in [0.1, 0.15) is 16.8 Å². The highest BCUT2D eigenvalue weighted by atomic mass is 19.3. The summed E-state index contributed by atoms with van der Waals surface area (Å²) in [5.41, 5.74) is 0.143. The molecule has 1 aromatic carbocycles. The van der Waals surface area contributed by atoms with E-state index >= 15 is 0 Å². The standard InChI is InChI=1S/C11H10F2O3/c12-11(13)5-8(11)6-16-9-3-1-7(2-4-9)10(14)15/h1-4,8H,5-6H2,(H,14,15)/t8-/m1/s1. The van der Waals surface area contributed by atoms with Gasteiger partial charge in [-0.1, -0.05) is 0 Å². The molecule has 0 amide bonds. The number of benzene rings is 1. The zero-order valence-corrected chi connectivity index (χ0v) is 8.32. The van der Waals surface area contributed by atoms with Crippen LogP contribution in [-0.4, -0.2) is 23.6 Å². The third-order valence-electron chi connectivity index (χ3n) is 2.51. The fourth-order valence-electron chi connectivity index (χ4n) is 1.34. The van der Waals surface area contributed by atoms with Crippen molar-refractivity contribution in [1.29, 1.82) is 0 Å². The molecule has 1 aliphatic carbocycles. The number of hydrogen-bond acceptors (Lipinski definition) is 2.